The molecule has 2 fully saturated rings. The standard InChI is InChI=1S/C22H44N6O3/c1-7-23-19(25-18-22(5,6)28-14-16-30-17-15-28)24-8-9-26-10-12-27(13-11-26)20(29)31-21(2,3)4/h7-18H2,1-6H3,(H2,23,24,25). The molecule has 0 aromatic carbocycles. The normalized spacial score (nSPS) is 19.9. The van der Waals surface area contributed by atoms with E-state index in [2.05, 4.69) is 41.2 Å². The maximum absolute atomic E-state index is 12.2. The summed E-state index contributed by atoms with van der Waals surface area (Å²) in [7, 11) is 0. The quantitative estimate of drug-likeness (QED) is 0.455. The molecule has 1 amide bonds. The second kappa shape index (κ2) is 11.9. The van der Waals surface area contributed by atoms with Gasteiger partial charge in [0.1, 0.15) is 5.60 Å². The third kappa shape index (κ3) is 9.21. The Morgan fingerprint density at radius 3 is 2.23 bits per heavy atom. The maximum atomic E-state index is 12.2. The molecule has 0 spiro atoms. The van der Waals surface area contributed by atoms with Crippen molar-refractivity contribution in [1.29, 1.82) is 0 Å². The summed E-state index contributed by atoms with van der Waals surface area (Å²) in [5.41, 5.74) is -0.444. The molecule has 0 bridgehead atoms. The maximum Gasteiger partial charge on any atom is 0.410 e. The summed E-state index contributed by atoms with van der Waals surface area (Å²) >= 11 is 0. The van der Waals surface area contributed by atoms with Crippen molar-refractivity contribution in [3.63, 3.8) is 0 Å². The first-order chi connectivity index (χ1) is 14.6. The van der Waals surface area contributed by atoms with Gasteiger partial charge in [-0.05, 0) is 41.5 Å². The Balaban J connectivity index is 1.73. The minimum atomic E-state index is -0.448. The van der Waals surface area contributed by atoms with Crippen LogP contribution in [0.15, 0.2) is 4.99 Å². The molecule has 9 nitrogen and oxygen atoms in total. The topological polar surface area (TPSA) is 81.7 Å². The molecule has 2 heterocycles. The third-order valence-corrected chi connectivity index (χ3v) is 5.58. The van der Waals surface area contributed by atoms with Gasteiger partial charge in [0, 0.05) is 64.4 Å². The van der Waals surface area contributed by atoms with E-state index in [0.717, 1.165) is 71.5 Å². The van der Waals surface area contributed by atoms with E-state index in [1.165, 1.54) is 0 Å². The molecule has 31 heavy (non-hydrogen) atoms. The number of hydrogen-bond donors (Lipinski definition) is 2. The Kier molecular flexibility index (Phi) is 9.84. The monoisotopic (exact) mass is 440 g/mol. The summed E-state index contributed by atoms with van der Waals surface area (Å²) in [6, 6.07) is 0. The fourth-order valence-corrected chi connectivity index (χ4v) is 3.70. The van der Waals surface area contributed by atoms with Gasteiger partial charge < -0.3 is 25.0 Å². The molecule has 0 unspecified atom stereocenters. The van der Waals surface area contributed by atoms with E-state index in [4.69, 9.17) is 14.5 Å². The lowest BCUT2D eigenvalue weighted by molar-refractivity contribution is -0.00683. The van der Waals surface area contributed by atoms with Crippen LogP contribution in [0, 0.1) is 0 Å². The van der Waals surface area contributed by atoms with E-state index >= 15 is 0 Å². The highest BCUT2D eigenvalue weighted by atomic mass is 16.6. The summed E-state index contributed by atoms with van der Waals surface area (Å²) in [6.07, 6.45) is -0.213. The van der Waals surface area contributed by atoms with Gasteiger partial charge in [0.25, 0.3) is 0 Å². The van der Waals surface area contributed by atoms with Gasteiger partial charge in [0.2, 0.25) is 0 Å². The van der Waals surface area contributed by atoms with Crippen molar-refractivity contribution in [3.05, 3.63) is 0 Å². The number of carbonyl (C=O) groups is 1. The molecule has 0 aromatic rings. The largest absolute Gasteiger partial charge is 0.444 e. The van der Waals surface area contributed by atoms with Crippen molar-refractivity contribution >= 4 is 12.1 Å². The summed E-state index contributed by atoms with van der Waals surface area (Å²) in [4.78, 5) is 23.7. The highest BCUT2D eigenvalue weighted by Gasteiger charge is 2.28. The minimum absolute atomic E-state index is 0.00409. The van der Waals surface area contributed by atoms with Gasteiger partial charge in [0.05, 0.1) is 19.8 Å². The van der Waals surface area contributed by atoms with Crippen molar-refractivity contribution < 1.29 is 14.3 Å². The lowest BCUT2D eigenvalue weighted by Crippen LogP contribution is -2.53. The van der Waals surface area contributed by atoms with Crippen molar-refractivity contribution in [3.8, 4) is 0 Å². The number of rotatable bonds is 7. The lowest BCUT2D eigenvalue weighted by Gasteiger charge is -2.40. The Bertz CT molecular complexity index is 576. The van der Waals surface area contributed by atoms with E-state index in [9.17, 15) is 4.79 Å². The number of guanidine groups is 1. The van der Waals surface area contributed by atoms with Crippen LogP contribution in [0.4, 0.5) is 4.79 Å². The van der Waals surface area contributed by atoms with E-state index in [1.807, 2.05) is 20.8 Å². The van der Waals surface area contributed by atoms with Gasteiger partial charge in [0.15, 0.2) is 5.96 Å². The summed E-state index contributed by atoms with van der Waals surface area (Å²) in [5.74, 6) is 0.858. The predicted molar refractivity (Wildman–Crippen MR) is 125 cm³/mol. The second-order valence-corrected chi connectivity index (χ2v) is 9.84. The van der Waals surface area contributed by atoms with Crippen molar-refractivity contribution in [2.24, 2.45) is 4.99 Å². The van der Waals surface area contributed by atoms with E-state index in [1.54, 1.807) is 4.90 Å². The predicted octanol–water partition coefficient (Wildman–Crippen LogP) is 1.21. The highest BCUT2D eigenvalue weighted by molar-refractivity contribution is 5.79. The molecular weight excluding hydrogens is 396 g/mol. The molecule has 2 aliphatic rings. The summed E-state index contributed by atoms with van der Waals surface area (Å²) < 4.78 is 10.9. The Morgan fingerprint density at radius 1 is 1.00 bits per heavy atom. The zero-order valence-corrected chi connectivity index (χ0v) is 20.5. The number of aliphatic imine (C=N–C) groups is 1. The summed E-state index contributed by atoms with van der Waals surface area (Å²) in [6.45, 7) is 22.2. The Morgan fingerprint density at radius 2 is 1.65 bits per heavy atom. The Hall–Kier alpha value is -1.58. The van der Waals surface area contributed by atoms with Gasteiger partial charge >= 0.3 is 6.09 Å². The number of piperazine rings is 1. The van der Waals surface area contributed by atoms with Crippen LogP contribution >= 0.6 is 0 Å². The number of hydrogen-bond acceptors (Lipinski definition) is 6. The molecule has 9 heteroatoms. The van der Waals surface area contributed by atoms with Crippen LogP contribution in [0.1, 0.15) is 41.5 Å². The number of carbonyl (C=O) groups excluding carboxylic acids is 1. The van der Waals surface area contributed by atoms with Crippen LogP contribution in [0.2, 0.25) is 0 Å². The second-order valence-electron chi connectivity index (χ2n) is 9.84. The molecule has 0 atom stereocenters. The van der Waals surface area contributed by atoms with Crippen LogP contribution in [0.5, 0.6) is 0 Å². The number of nitrogens with one attached hydrogen (secondary N) is 2. The molecule has 2 N–H and O–H groups in total. The van der Waals surface area contributed by atoms with Crippen LogP contribution in [-0.4, -0.2) is 117 Å². The zero-order valence-electron chi connectivity index (χ0n) is 20.5. The van der Waals surface area contributed by atoms with Gasteiger partial charge in [-0.2, -0.15) is 0 Å². The number of ether oxygens (including phenoxy) is 2. The van der Waals surface area contributed by atoms with Crippen molar-refractivity contribution in [2.45, 2.75) is 52.7 Å². The zero-order chi connectivity index (χ0) is 22.9. The molecule has 0 aliphatic carbocycles. The first-order valence-electron chi connectivity index (χ1n) is 11.7. The van der Waals surface area contributed by atoms with Crippen LogP contribution in [0.25, 0.3) is 0 Å². The Labute approximate surface area is 188 Å². The van der Waals surface area contributed by atoms with Crippen LogP contribution < -0.4 is 10.6 Å². The molecule has 2 aliphatic heterocycles. The number of amides is 1. The van der Waals surface area contributed by atoms with Crippen molar-refractivity contribution in [2.75, 3.05) is 78.7 Å². The average molecular weight is 441 g/mol. The molecular formula is C22H44N6O3. The third-order valence-electron chi connectivity index (χ3n) is 5.58. The van der Waals surface area contributed by atoms with Gasteiger partial charge in [-0.1, -0.05) is 0 Å². The van der Waals surface area contributed by atoms with Crippen molar-refractivity contribution in [1.82, 2.24) is 25.3 Å². The molecule has 0 aromatic heterocycles. The van der Waals surface area contributed by atoms with E-state index in [0.29, 0.717) is 13.1 Å². The fourth-order valence-electron chi connectivity index (χ4n) is 3.70. The van der Waals surface area contributed by atoms with Gasteiger partial charge in [-0.3, -0.25) is 14.8 Å². The van der Waals surface area contributed by atoms with E-state index < -0.39 is 5.60 Å². The fraction of sp³-hybridized carbons (Fsp3) is 0.909. The molecule has 2 rings (SSSR count). The van der Waals surface area contributed by atoms with E-state index in [-0.39, 0.29) is 11.6 Å². The number of morpholine rings is 1. The smallest absolute Gasteiger partial charge is 0.410 e. The average Bonchev–Trinajstić information content (AvgIpc) is 2.72. The first-order valence-corrected chi connectivity index (χ1v) is 11.7. The van der Waals surface area contributed by atoms with Crippen LogP contribution in [0.3, 0.4) is 0 Å². The van der Waals surface area contributed by atoms with Crippen LogP contribution in [-0.2, 0) is 9.47 Å². The van der Waals surface area contributed by atoms with Gasteiger partial charge in [-0.25, -0.2) is 4.79 Å². The number of nitrogens with zero attached hydrogens (tertiary/aromatic N) is 4. The molecule has 2 saturated heterocycles. The molecule has 0 saturated carbocycles. The highest BCUT2D eigenvalue weighted by Crippen LogP contribution is 2.16. The first kappa shape index (κ1) is 25.7. The minimum Gasteiger partial charge on any atom is -0.444 e. The summed E-state index contributed by atoms with van der Waals surface area (Å²) in [5, 5.41) is 6.80. The molecule has 0 radical (unpaired) electrons. The lowest BCUT2D eigenvalue weighted by atomic mass is 10.0. The molecule has 180 valence electrons. The SMILES string of the molecule is CCNC(=NCC(C)(C)N1CCOCC1)NCCN1CCN(C(=O)OC(C)(C)C)CC1. The van der Waals surface area contributed by atoms with Gasteiger partial charge in [-0.15, -0.1) is 0 Å².